The van der Waals surface area contributed by atoms with Crippen molar-refractivity contribution in [3.8, 4) is 0 Å². The first-order valence-electron chi connectivity index (χ1n) is 8.02. The zero-order valence-electron chi connectivity index (χ0n) is 13.4. The van der Waals surface area contributed by atoms with Gasteiger partial charge in [-0.25, -0.2) is 13.1 Å². The fourth-order valence-corrected chi connectivity index (χ4v) is 4.38. The number of sulfonamides is 1. The number of fused-ring (bicyclic) bond motifs is 1. The maximum absolute atomic E-state index is 12.7. The summed E-state index contributed by atoms with van der Waals surface area (Å²) in [4.78, 5) is 25.5. The summed E-state index contributed by atoms with van der Waals surface area (Å²) in [6, 6.07) is 4.77. The molecule has 0 aromatic heterocycles. The molecule has 2 atom stereocenters. The Morgan fingerprint density at radius 1 is 1.29 bits per heavy atom. The monoisotopic (exact) mass is 352 g/mol. The summed E-state index contributed by atoms with van der Waals surface area (Å²) < 4.78 is 26.7. The molecule has 1 aromatic rings. The van der Waals surface area contributed by atoms with Crippen LogP contribution in [-0.2, 0) is 26.0 Å². The second-order valence-corrected chi connectivity index (χ2v) is 7.93. The molecule has 1 aliphatic heterocycles. The molecule has 2 N–H and O–H groups in total. The van der Waals surface area contributed by atoms with Gasteiger partial charge in [-0.2, -0.15) is 0 Å². The Balaban J connectivity index is 1.88. The molecule has 7 nitrogen and oxygen atoms in total. The molecule has 1 aliphatic carbocycles. The van der Waals surface area contributed by atoms with Crippen molar-refractivity contribution in [3.63, 3.8) is 0 Å². The Morgan fingerprint density at radius 3 is 2.58 bits per heavy atom. The first kappa shape index (κ1) is 16.9. The molecular formula is C16H20N2O5S. The van der Waals surface area contributed by atoms with Crippen molar-refractivity contribution < 1.29 is 23.1 Å². The van der Waals surface area contributed by atoms with Crippen LogP contribution in [0.15, 0.2) is 23.1 Å². The van der Waals surface area contributed by atoms with Crippen molar-refractivity contribution >= 4 is 27.6 Å². The number of anilines is 1. The normalized spacial score (nSPS) is 22.8. The van der Waals surface area contributed by atoms with Gasteiger partial charge >= 0.3 is 5.97 Å². The molecule has 1 saturated carbocycles. The largest absolute Gasteiger partial charge is 0.481 e. The molecule has 130 valence electrons. The van der Waals surface area contributed by atoms with Gasteiger partial charge in [0.05, 0.1) is 16.7 Å². The van der Waals surface area contributed by atoms with Crippen molar-refractivity contribution in [2.24, 2.45) is 11.8 Å². The number of carboxylic acids is 1. The first-order chi connectivity index (χ1) is 11.3. The molecule has 1 fully saturated rings. The lowest BCUT2D eigenvalue weighted by Crippen LogP contribution is -2.45. The Hall–Kier alpha value is -1.93. The predicted octanol–water partition coefficient (Wildman–Crippen LogP) is 0.985. The van der Waals surface area contributed by atoms with E-state index >= 15 is 0 Å². The van der Waals surface area contributed by atoms with Crippen LogP contribution in [0.25, 0.3) is 0 Å². The van der Waals surface area contributed by atoms with Crippen molar-refractivity contribution in [2.75, 3.05) is 18.0 Å². The van der Waals surface area contributed by atoms with Crippen molar-refractivity contribution in [1.82, 2.24) is 4.72 Å². The highest BCUT2D eigenvalue weighted by Crippen LogP contribution is 2.39. The van der Waals surface area contributed by atoms with E-state index in [1.54, 1.807) is 17.9 Å². The van der Waals surface area contributed by atoms with Crippen LogP contribution in [0.2, 0.25) is 0 Å². The number of carbonyl (C=O) groups excluding carboxylic acids is 1. The smallest absolute Gasteiger partial charge is 0.307 e. The van der Waals surface area contributed by atoms with Gasteiger partial charge in [0, 0.05) is 18.8 Å². The van der Waals surface area contributed by atoms with Crippen LogP contribution in [0.1, 0.15) is 25.3 Å². The Morgan fingerprint density at radius 2 is 2.00 bits per heavy atom. The highest BCUT2D eigenvalue weighted by molar-refractivity contribution is 7.89. The number of rotatable bonds is 5. The Kier molecular flexibility index (Phi) is 4.35. The van der Waals surface area contributed by atoms with E-state index in [0.29, 0.717) is 31.5 Å². The maximum Gasteiger partial charge on any atom is 0.307 e. The molecule has 8 heteroatoms. The Labute approximate surface area is 140 Å². The van der Waals surface area contributed by atoms with Crippen LogP contribution in [-0.4, -0.2) is 38.5 Å². The van der Waals surface area contributed by atoms with Gasteiger partial charge in [0.1, 0.15) is 0 Å². The van der Waals surface area contributed by atoms with Crippen LogP contribution in [0.4, 0.5) is 5.69 Å². The number of nitrogens with one attached hydrogen (secondary N) is 1. The molecular weight excluding hydrogens is 332 g/mol. The first-order valence-corrected chi connectivity index (χ1v) is 9.50. The topological polar surface area (TPSA) is 104 Å². The zero-order chi connectivity index (χ0) is 17.5. The average Bonchev–Trinajstić information content (AvgIpc) is 2.88. The zero-order valence-corrected chi connectivity index (χ0v) is 14.2. The molecule has 0 bridgehead atoms. The van der Waals surface area contributed by atoms with Gasteiger partial charge in [0.15, 0.2) is 0 Å². The molecule has 1 aromatic carbocycles. The lowest BCUT2D eigenvalue weighted by atomic mass is 9.73. The molecule has 0 radical (unpaired) electrons. The standard InChI is InChI=1S/C16H20N2O5S/c1-2-17-24(22,23)11-4-3-10-7-8-18(14(10)9-11)15(19)12-5-6-13(12)16(20)21/h3-4,9,12-13,17H,2,5-8H2,1H3,(H,20,21). The third-order valence-corrected chi connectivity index (χ3v) is 6.32. The SMILES string of the molecule is CCNS(=O)(=O)c1ccc2c(c1)N(C(=O)C1CCC1C(=O)O)CC2. The maximum atomic E-state index is 12.7. The number of nitrogens with zero attached hydrogens (tertiary/aromatic N) is 1. The van der Waals surface area contributed by atoms with E-state index in [4.69, 9.17) is 5.11 Å². The minimum absolute atomic E-state index is 0.117. The molecule has 3 rings (SSSR count). The van der Waals surface area contributed by atoms with Gasteiger partial charge < -0.3 is 10.0 Å². The molecule has 24 heavy (non-hydrogen) atoms. The van der Waals surface area contributed by atoms with Crippen LogP contribution >= 0.6 is 0 Å². The number of aliphatic carboxylic acids is 1. The average molecular weight is 352 g/mol. The quantitative estimate of drug-likeness (QED) is 0.822. The third kappa shape index (κ3) is 2.80. The van der Waals surface area contributed by atoms with Crippen LogP contribution in [0, 0.1) is 11.8 Å². The number of benzene rings is 1. The number of hydrogen-bond donors (Lipinski definition) is 2. The van der Waals surface area contributed by atoms with Gasteiger partial charge in [-0.3, -0.25) is 9.59 Å². The van der Waals surface area contributed by atoms with Crippen LogP contribution < -0.4 is 9.62 Å². The number of hydrogen-bond acceptors (Lipinski definition) is 4. The van der Waals surface area contributed by atoms with Crippen molar-refractivity contribution in [2.45, 2.75) is 31.1 Å². The molecule has 0 spiro atoms. The summed E-state index contributed by atoms with van der Waals surface area (Å²) in [7, 11) is -3.60. The lowest BCUT2D eigenvalue weighted by Gasteiger charge is -2.35. The summed E-state index contributed by atoms with van der Waals surface area (Å²) in [6.07, 6.45) is 1.73. The third-order valence-electron chi connectivity index (χ3n) is 4.77. The second-order valence-electron chi connectivity index (χ2n) is 6.16. The second kappa shape index (κ2) is 6.18. The fraction of sp³-hybridized carbons (Fsp3) is 0.500. The summed E-state index contributed by atoms with van der Waals surface area (Å²) in [5, 5.41) is 9.14. The van der Waals surface area contributed by atoms with Gasteiger partial charge in [-0.05, 0) is 37.0 Å². The van der Waals surface area contributed by atoms with E-state index in [-0.39, 0.29) is 17.3 Å². The van der Waals surface area contributed by atoms with E-state index in [9.17, 15) is 18.0 Å². The Bertz CT molecular complexity index is 790. The summed E-state index contributed by atoms with van der Waals surface area (Å²) in [5.74, 6) is -2.30. The molecule has 2 unspecified atom stereocenters. The summed E-state index contributed by atoms with van der Waals surface area (Å²) in [5.41, 5.74) is 1.49. The van der Waals surface area contributed by atoms with E-state index in [1.165, 1.54) is 12.1 Å². The van der Waals surface area contributed by atoms with Crippen LogP contribution in [0.5, 0.6) is 0 Å². The predicted molar refractivity (Wildman–Crippen MR) is 87.2 cm³/mol. The van der Waals surface area contributed by atoms with Crippen molar-refractivity contribution in [3.05, 3.63) is 23.8 Å². The van der Waals surface area contributed by atoms with Gasteiger partial charge in [-0.15, -0.1) is 0 Å². The van der Waals surface area contributed by atoms with E-state index in [0.717, 1.165) is 5.56 Å². The number of carbonyl (C=O) groups is 2. The molecule has 1 heterocycles. The van der Waals surface area contributed by atoms with Gasteiger partial charge in [0.25, 0.3) is 0 Å². The molecule has 2 aliphatic rings. The highest BCUT2D eigenvalue weighted by Gasteiger charge is 2.44. The van der Waals surface area contributed by atoms with E-state index < -0.39 is 27.8 Å². The minimum Gasteiger partial charge on any atom is -0.481 e. The molecule has 1 amide bonds. The lowest BCUT2D eigenvalue weighted by molar-refractivity contribution is -0.151. The van der Waals surface area contributed by atoms with Crippen molar-refractivity contribution in [1.29, 1.82) is 0 Å². The molecule has 0 saturated heterocycles. The number of carboxylic acid groups (broad SMARTS) is 1. The number of amides is 1. The van der Waals surface area contributed by atoms with Gasteiger partial charge in [0.2, 0.25) is 15.9 Å². The van der Waals surface area contributed by atoms with E-state index in [2.05, 4.69) is 4.72 Å². The van der Waals surface area contributed by atoms with Crippen LogP contribution in [0.3, 0.4) is 0 Å². The van der Waals surface area contributed by atoms with E-state index in [1.807, 2.05) is 0 Å². The minimum atomic E-state index is -3.60. The summed E-state index contributed by atoms with van der Waals surface area (Å²) >= 11 is 0. The highest BCUT2D eigenvalue weighted by atomic mass is 32.2. The van der Waals surface area contributed by atoms with Gasteiger partial charge in [-0.1, -0.05) is 13.0 Å². The fourth-order valence-electron chi connectivity index (χ4n) is 3.32. The summed E-state index contributed by atoms with van der Waals surface area (Å²) in [6.45, 7) is 2.44.